The third-order valence-corrected chi connectivity index (χ3v) is 3.12. The van der Waals surface area contributed by atoms with Gasteiger partial charge in [0.2, 0.25) is 0 Å². The highest BCUT2D eigenvalue weighted by Gasteiger charge is 2.17. The molecule has 0 bridgehead atoms. The second-order valence-electron chi connectivity index (χ2n) is 4.53. The highest BCUT2D eigenvalue weighted by Crippen LogP contribution is 2.15. The molecule has 0 fully saturated rings. The number of nitrogens with zero attached hydrogens (tertiary/aromatic N) is 1. The van der Waals surface area contributed by atoms with Crippen molar-refractivity contribution in [2.75, 3.05) is 27.4 Å². The fourth-order valence-corrected chi connectivity index (χ4v) is 1.96. The van der Waals surface area contributed by atoms with Crippen molar-refractivity contribution in [1.29, 1.82) is 0 Å². The minimum atomic E-state index is -0.0638. The predicted molar refractivity (Wildman–Crippen MR) is 78.3 cm³/mol. The summed E-state index contributed by atoms with van der Waals surface area (Å²) in [6.07, 6.45) is 1.60. The number of rotatable bonds is 7. The largest absolute Gasteiger partial charge is 0.497 e. The van der Waals surface area contributed by atoms with Crippen molar-refractivity contribution in [3.63, 3.8) is 0 Å². The highest BCUT2D eigenvalue weighted by molar-refractivity contribution is 5.94. The van der Waals surface area contributed by atoms with E-state index in [0.29, 0.717) is 25.3 Å². The van der Waals surface area contributed by atoms with Crippen LogP contribution in [0.4, 0.5) is 0 Å². The summed E-state index contributed by atoms with van der Waals surface area (Å²) in [5.74, 6) is 1.40. The van der Waals surface area contributed by atoms with Gasteiger partial charge in [-0.15, -0.1) is 0 Å². The van der Waals surface area contributed by atoms with Gasteiger partial charge < -0.3 is 18.8 Å². The average molecular weight is 289 g/mol. The fourth-order valence-electron chi connectivity index (χ4n) is 1.96. The van der Waals surface area contributed by atoms with Crippen LogP contribution in [-0.2, 0) is 11.3 Å². The van der Waals surface area contributed by atoms with E-state index < -0.39 is 0 Å². The molecule has 2 aromatic rings. The van der Waals surface area contributed by atoms with E-state index in [0.717, 1.165) is 11.5 Å². The number of carbonyl (C=O) groups is 1. The number of methoxy groups -OCH3 is 2. The first kappa shape index (κ1) is 15.1. The Morgan fingerprint density at radius 1 is 1.19 bits per heavy atom. The van der Waals surface area contributed by atoms with Crippen LogP contribution in [-0.4, -0.2) is 38.2 Å². The summed E-state index contributed by atoms with van der Waals surface area (Å²) in [7, 11) is 3.21. The molecule has 0 N–H and O–H groups in total. The molecule has 0 atom stereocenters. The summed E-state index contributed by atoms with van der Waals surface area (Å²) in [6.45, 7) is 1.39. The smallest absolute Gasteiger partial charge is 0.254 e. The number of amides is 1. The zero-order valence-electron chi connectivity index (χ0n) is 12.2. The van der Waals surface area contributed by atoms with Crippen LogP contribution in [0.5, 0.6) is 5.75 Å². The zero-order chi connectivity index (χ0) is 15.1. The molecule has 0 aliphatic rings. The van der Waals surface area contributed by atoms with E-state index in [9.17, 15) is 4.79 Å². The lowest BCUT2D eigenvalue weighted by Gasteiger charge is -2.21. The molecular weight excluding hydrogens is 270 g/mol. The first-order valence-corrected chi connectivity index (χ1v) is 6.69. The Hall–Kier alpha value is -2.27. The maximum Gasteiger partial charge on any atom is 0.254 e. The van der Waals surface area contributed by atoms with Gasteiger partial charge in [0.05, 0.1) is 26.5 Å². The van der Waals surface area contributed by atoms with E-state index in [1.807, 2.05) is 12.1 Å². The molecule has 5 heteroatoms. The number of furan rings is 1. The van der Waals surface area contributed by atoms with E-state index in [-0.39, 0.29) is 5.91 Å². The van der Waals surface area contributed by atoms with Gasteiger partial charge in [0.25, 0.3) is 5.91 Å². The second-order valence-corrected chi connectivity index (χ2v) is 4.53. The zero-order valence-corrected chi connectivity index (χ0v) is 12.2. The van der Waals surface area contributed by atoms with Crippen molar-refractivity contribution >= 4 is 5.91 Å². The van der Waals surface area contributed by atoms with Gasteiger partial charge in [0.15, 0.2) is 0 Å². The minimum Gasteiger partial charge on any atom is -0.497 e. The Morgan fingerprint density at radius 2 is 1.95 bits per heavy atom. The molecular formula is C16H19NO4. The van der Waals surface area contributed by atoms with E-state index in [4.69, 9.17) is 13.9 Å². The van der Waals surface area contributed by atoms with Crippen LogP contribution in [0, 0.1) is 0 Å². The number of ether oxygens (including phenoxy) is 2. The lowest BCUT2D eigenvalue weighted by atomic mass is 10.2. The van der Waals surface area contributed by atoms with Crippen LogP contribution in [0.25, 0.3) is 0 Å². The lowest BCUT2D eigenvalue weighted by Crippen LogP contribution is -2.33. The molecule has 21 heavy (non-hydrogen) atoms. The number of carbonyl (C=O) groups excluding carboxylic acids is 1. The Labute approximate surface area is 124 Å². The van der Waals surface area contributed by atoms with E-state index in [2.05, 4.69) is 0 Å². The Morgan fingerprint density at radius 3 is 2.52 bits per heavy atom. The number of hydrogen-bond acceptors (Lipinski definition) is 4. The topological polar surface area (TPSA) is 51.9 Å². The molecule has 0 aliphatic heterocycles. The maximum absolute atomic E-state index is 12.6. The molecule has 0 radical (unpaired) electrons. The molecule has 1 aromatic carbocycles. The first-order chi connectivity index (χ1) is 10.2. The van der Waals surface area contributed by atoms with Gasteiger partial charge in [-0.2, -0.15) is 0 Å². The predicted octanol–water partition coefficient (Wildman–Crippen LogP) is 2.58. The summed E-state index contributed by atoms with van der Waals surface area (Å²) >= 11 is 0. The van der Waals surface area contributed by atoms with Gasteiger partial charge in [0, 0.05) is 19.2 Å². The Balaban J connectivity index is 2.11. The minimum absolute atomic E-state index is 0.0638. The van der Waals surface area contributed by atoms with Crippen molar-refractivity contribution in [1.82, 2.24) is 4.90 Å². The molecule has 0 unspecified atom stereocenters. The molecule has 1 aromatic heterocycles. The molecule has 0 spiro atoms. The quantitative estimate of drug-likeness (QED) is 0.786. The molecule has 5 nitrogen and oxygen atoms in total. The van der Waals surface area contributed by atoms with Crippen LogP contribution in [0.15, 0.2) is 47.1 Å². The summed E-state index contributed by atoms with van der Waals surface area (Å²) in [6, 6.07) is 10.7. The normalized spacial score (nSPS) is 10.4. The standard InChI is InChI=1S/C16H19NO4/c1-19-11-9-17(12-15-4-3-10-21-15)16(18)13-5-7-14(20-2)8-6-13/h3-8,10H,9,11-12H2,1-2H3. The molecule has 2 rings (SSSR count). The third kappa shape index (κ3) is 4.10. The SMILES string of the molecule is COCCN(Cc1ccco1)C(=O)c1ccc(OC)cc1. The van der Waals surface area contributed by atoms with Crippen molar-refractivity contribution in [3.05, 3.63) is 54.0 Å². The summed E-state index contributed by atoms with van der Waals surface area (Å²) in [5, 5.41) is 0. The van der Waals surface area contributed by atoms with Gasteiger partial charge in [-0.25, -0.2) is 0 Å². The molecule has 0 saturated carbocycles. The molecule has 1 amide bonds. The summed E-state index contributed by atoms with van der Waals surface area (Å²) < 4.78 is 15.5. The number of benzene rings is 1. The van der Waals surface area contributed by atoms with Crippen molar-refractivity contribution in [2.24, 2.45) is 0 Å². The van der Waals surface area contributed by atoms with Crippen LogP contribution in [0.1, 0.15) is 16.1 Å². The van der Waals surface area contributed by atoms with Crippen molar-refractivity contribution in [3.8, 4) is 5.75 Å². The summed E-state index contributed by atoms with van der Waals surface area (Å²) in [4.78, 5) is 14.3. The second kappa shape index (κ2) is 7.50. The lowest BCUT2D eigenvalue weighted by molar-refractivity contribution is 0.0666. The summed E-state index contributed by atoms with van der Waals surface area (Å²) in [5.41, 5.74) is 0.610. The van der Waals surface area contributed by atoms with E-state index in [1.165, 1.54) is 0 Å². The van der Waals surface area contributed by atoms with E-state index >= 15 is 0 Å². The van der Waals surface area contributed by atoms with Crippen molar-refractivity contribution in [2.45, 2.75) is 6.54 Å². The van der Waals surface area contributed by atoms with Crippen LogP contribution >= 0.6 is 0 Å². The van der Waals surface area contributed by atoms with Crippen LogP contribution in [0.2, 0.25) is 0 Å². The van der Waals surface area contributed by atoms with Crippen LogP contribution < -0.4 is 4.74 Å². The average Bonchev–Trinajstić information content (AvgIpc) is 3.04. The van der Waals surface area contributed by atoms with Gasteiger partial charge in [-0.3, -0.25) is 4.79 Å². The first-order valence-electron chi connectivity index (χ1n) is 6.69. The maximum atomic E-state index is 12.6. The van der Waals surface area contributed by atoms with E-state index in [1.54, 1.807) is 49.6 Å². The number of hydrogen-bond donors (Lipinski definition) is 0. The monoisotopic (exact) mass is 289 g/mol. The Bertz CT molecular complexity index is 548. The van der Waals surface area contributed by atoms with Gasteiger partial charge in [-0.1, -0.05) is 0 Å². The highest BCUT2D eigenvalue weighted by atomic mass is 16.5. The molecule has 1 heterocycles. The molecule has 0 saturated heterocycles. The molecule has 0 aliphatic carbocycles. The van der Waals surface area contributed by atoms with Gasteiger partial charge >= 0.3 is 0 Å². The Kier molecular flexibility index (Phi) is 5.40. The fraction of sp³-hybridized carbons (Fsp3) is 0.312. The van der Waals surface area contributed by atoms with Gasteiger partial charge in [0.1, 0.15) is 11.5 Å². The van der Waals surface area contributed by atoms with Gasteiger partial charge in [-0.05, 0) is 36.4 Å². The van der Waals surface area contributed by atoms with Crippen LogP contribution in [0.3, 0.4) is 0 Å². The van der Waals surface area contributed by atoms with Crippen molar-refractivity contribution < 1.29 is 18.7 Å². The third-order valence-electron chi connectivity index (χ3n) is 3.12. The molecule has 112 valence electrons.